The Balaban J connectivity index is 2.03. The fourth-order valence-corrected chi connectivity index (χ4v) is 7.75. The lowest BCUT2D eigenvalue weighted by Crippen LogP contribution is -2.61. The highest BCUT2D eigenvalue weighted by Gasteiger charge is 2.52. The summed E-state index contributed by atoms with van der Waals surface area (Å²) >= 11 is 6.17. The number of nitroso groups, excluding NO2 is 1. The maximum Gasteiger partial charge on any atom is 0.311 e. The summed E-state index contributed by atoms with van der Waals surface area (Å²) in [6.45, 7) is 12.4. The number of likely N-dealkylation sites (N-methyl/N-ethyl adjacent to an activating group) is 1. The van der Waals surface area contributed by atoms with Crippen LogP contribution >= 0.6 is 11.6 Å². The molecule has 2 unspecified atom stereocenters. The molecule has 1 aromatic rings. The van der Waals surface area contributed by atoms with Crippen LogP contribution in [-0.4, -0.2) is 121 Å². The second kappa shape index (κ2) is 16.4. The van der Waals surface area contributed by atoms with E-state index in [4.69, 9.17) is 25.8 Å². The Morgan fingerprint density at radius 3 is 2.33 bits per heavy atom. The third kappa shape index (κ3) is 8.78. The van der Waals surface area contributed by atoms with Crippen molar-refractivity contribution in [1.29, 1.82) is 0 Å². The molecule has 2 fully saturated rings. The maximum absolute atomic E-state index is 13.4. The first-order chi connectivity index (χ1) is 22.7. The summed E-state index contributed by atoms with van der Waals surface area (Å²) in [4.78, 5) is 44.3. The quantitative estimate of drug-likeness (QED) is 0.164. The van der Waals surface area contributed by atoms with Gasteiger partial charge in [-0.2, -0.15) is 4.91 Å². The van der Waals surface area contributed by atoms with Gasteiger partial charge in [0.15, 0.2) is 6.29 Å². The lowest BCUT2D eigenvalue weighted by molar-refractivity contribution is -0.298. The van der Waals surface area contributed by atoms with Gasteiger partial charge in [-0.3, -0.25) is 9.59 Å². The number of ether oxygens (including phenoxy) is 3. The lowest BCUT2D eigenvalue weighted by Gasteiger charge is -2.47. The topological polar surface area (TPSA) is 209 Å². The third-order valence-corrected chi connectivity index (χ3v) is 10.9. The Bertz CT molecular complexity index is 1300. The predicted octanol–water partition coefficient (Wildman–Crippen LogP) is 2.69. The second-order valence-electron chi connectivity index (χ2n) is 14.6. The summed E-state index contributed by atoms with van der Waals surface area (Å²) in [5.74, 6) is -5.16. The highest BCUT2D eigenvalue weighted by Crippen LogP contribution is 2.39. The SMILES string of the molecule is CC[C@H]1OC(=O)[C@H](C)[C@@H](O)[C@H](C)[C@@H](O[C@@H]2O[C@H](C)C[C@H](N(C)C(=O)c3cccnc3Cl)[C@H]2O)C(C)(O)C[C@@H](C)C(N=O)[C@H](C)[C@@H](O)[C@]1(C)O. The molecule has 49 heavy (non-hydrogen) atoms. The van der Waals surface area contributed by atoms with Gasteiger partial charge in [-0.1, -0.05) is 44.5 Å². The van der Waals surface area contributed by atoms with E-state index in [9.17, 15) is 40.0 Å². The van der Waals surface area contributed by atoms with Gasteiger partial charge in [-0.25, -0.2) is 4.98 Å². The van der Waals surface area contributed by atoms with E-state index < -0.39 is 102 Å². The van der Waals surface area contributed by atoms with E-state index in [1.807, 2.05) is 0 Å². The molecule has 0 aliphatic carbocycles. The number of amides is 1. The molecule has 3 heterocycles. The van der Waals surface area contributed by atoms with Crippen molar-refractivity contribution in [3.8, 4) is 0 Å². The van der Waals surface area contributed by atoms with Gasteiger partial charge in [0.05, 0.1) is 53.6 Å². The molecule has 5 N–H and O–H groups in total. The predicted molar refractivity (Wildman–Crippen MR) is 179 cm³/mol. The monoisotopic (exact) mass is 715 g/mol. The van der Waals surface area contributed by atoms with E-state index >= 15 is 0 Å². The Morgan fingerprint density at radius 1 is 1.12 bits per heavy atom. The molecule has 3 rings (SSSR count). The highest BCUT2D eigenvalue weighted by atomic mass is 35.5. The Labute approximate surface area is 293 Å². The largest absolute Gasteiger partial charge is 0.459 e. The van der Waals surface area contributed by atoms with Crippen molar-refractivity contribution in [1.82, 2.24) is 9.88 Å². The van der Waals surface area contributed by atoms with Crippen LogP contribution in [-0.2, 0) is 19.0 Å². The summed E-state index contributed by atoms with van der Waals surface area (Å²) in [6.07, 6.45) is -7.23. The molecule has 14 nitrogen and oxygen atoms in total. The molecule has 278 valence electrons. The number of hydrogen-bond acceptors (Lipinski definition) is 13. The summed E-state index contributed by atoms with van der Waals surface area (Å²) in [5, 5.41) is 61.1. The first-order valence-electron chi connectivity index (χ1n) is 16.9. The van der Waals surface area contributed by atoms with Crippen LogP contribution in [0.5, 0.6) is 0 Å². The number of aliphatic hydroxyl groups excluding tert-OH is 3. The van der Waals surface area contributed by atoms with Crippen molar-refractivity contribution in [3.05, 3.63) is 34.0 Å². The van der Waals surface area contributed by atoms with Gasteiger partial charge in [-0.05, 0) is 65.0 Å². The van der Waals surface area contributed by atoms with Crippen LogP contribution in [0.15, 0.2) is 23.5 Å². The maximum atomic E-state index is 13.4. The van der Waals surface area contributed by atoms with E-state index in [-0.39, 0.29) is 30.0 Å². The van der Waals surface area contributed by atoms with E-state index in [1.165, 1.54) is 45.0 Å². The lowest BCUT2D eigenvalue weighted by atomic mass is 9.72. The third-order valence-electron chi connectivity index (χ3n) is 10.6. The molecule has 0 saturated carbocycles. The minimum Gasteiger partial charge on any atom is -0.459 e. The first kappa shape index (κ1) is 41.1. The molecular formula is C34H54ClN3O11. The van der Waals surface area contributed by atoms with Crippen molar-refractivity contribution < 1.29 is 49.3 Å². The van der Waals surface area contributed by atoms with Crippen LogP contribution in [0.25, 0.3) is 0 Å². The van der Waals surface area contributed by atoms with E-state index in [1.54, 1.807) is 40.7 Å². The summed E-state index contributed by atoms with van der Waals surface area (Å²) in [6, 6.07) is 1.16. The molecule has 1 aromatic heterocycles. The molecule has 0 bridgehead atoms. The molecule has 2 saturated heterocycles. The van der Waals surface area contributed by atoms with Crippen molar-refractivity contribution in [2.75, 3.05) is 7.05 Å². The van der Waals surface area contributed by atoms with Gasteiger partial charge in [0.25, 0.3) is 5.91 Å². The minimum atomic E-state index is -1.97. The number of halogens is 1. The van der Waals surface area contributed by atoms with E-state index in [0.717, 1.165) is 0 Å². The number of carbonyl (C=O) groups is 2. The smallest absolute Gasteiger partial charge is 0.311 e. The van der Waals surface area contributed by atoms with Crippen LogP contribution < -0.4 is 0 Å². The van der Waals surface area contributed by atoms with Crippen molar-refractivity contribution in [3.63, 3.8) is 0 Å². The van der Waals surface area contributed by atoms with Gasteiger partial charge >= 0.3 is 5.97 Å². The van der Waals surface area contributed by atoms with Gasteiger partial charge in [0.1, 0.15) is 23.0 Å². The number of pyridine rings is 1. The molecule has 0 spiro atoms. The number of hydrogen-bond donors (Lipinski definition) is 5. The summed E-state index contributed by atoms with van der Waals surface area (Å²) in [7, 11) is 1.51. The van der Waals surface area contributed by atoms with E-state index in [2.05, 4.69) is 10.2 Å². The number of aliphatic hydroxyl groups is 5. The fraction of sp³-hybridized carbons (Fsp3) is 0.794. The molecule has 1 amide bonds. The van der Waals surface area contributed by atoms with Gasteiger partial charge in [-0.15, -0.1) is 0 Å². The number of esters is 1. The average Bonchev–Trinajstić information content (AvgIpc) is 3.04. The normalized spacial score (nSPS) is 42.8. The number of cyclic esters (lactones) is 1. The van der Waals surface area contributed by atoms with Crippen LogP contribution in [0.1, 0.15) is 85.0 Å². The summed E-state index contributed by atoms with van der Waals surface area (Å²) < 4.78 is 18.0. The number of carbonyl (C=O) groups excluding carboxylic acids is 2. The van der Waals surface area contributed by atoms with E-state index in [0.29, 0.717) is 0 Å². The number of aromatic nitrogens is 1. The standard InChI is InChI=1S/C34H54ClN3O11/c1-10-23-34(8,45)27(41)18(4)24(37-46)16(2)15-33(7,44)28(19(5)25(39)20(6)31(43)48-23)49-32-26(40)22(14-17(3)47-32)38(9)30(42)21-12-11-13-36-29(21)35/h11-13,16-20,22-28,32,39-41,44-45H,10,14-15H2,1-9H3/t16-,17-,18+,19+,20-,22+,23-,24?,25+,26-,27-,28-,32+,33?,34-/m1/s1. The zero-order valence-electron chi connectivity index (χ0n) is 29.8. The molecule has 0 aromatic carbocycles. The van der Waals surface area contributed by atoms with Gasteiger partial charge < -0.3 is 44.6 Å². The first-order valence-corrected chi connectivity index (χ1v) is 17.3. The van der Waals surface area contributed by atoms with Gasteiger partial charge in [0, 0.05) is 25.1 Å². The Hall–Kier alpha value is -2.30. The van der Waals surface area contributed by atoms with Crippen LogP contribution in [0.2, 0.25) is 5.15 Å². The van der Waals surface area contributed by atoms with Crippen molar-refractivity contribution in [2.45, 2.75) is 141 Å². The number of rotatable bonds is 6. The van der Waals surface area contributed by atoms with Crippen LogP contribution in [0.4, 0.5) is 0 Å². The molecule has 0 radical (unpaired) electrons. The zero-order chi connectivity index (χ0) is 37.2. The minimum absolute atomic E-state index is 0.000859. The summed E-state index contributed by atoms with van der Waals surface area (Å²) in [5.41, 5.74) is -3.68. The number of nitrogens with zero attached hydrogens (tertiary/aromatic N) is 3. The Morgan fingerprint density at radius 2 is 1.76 bits per heavy atom. The van der Waals surface area contributed by atoms with Crippen molar-refractivity contribution in [2.24, 2.45) is 28.8 Å². The molecule has 15 heteroatoms. The van der Waals surface area contributed by atoms with Gasteiger partial charge in [0.2, 0.25) is 0 Å². The second-order valence-corrected chi connectivity index (χ2v) is 14.9. The highest BCUT2D eigenvalue weighted by molar-refractivity contribution is 6.32. The average molecular weight is 716 g/mol. The fourth-order valence-electron chi connectivity index (χ4n) is 7.55. The molecule has 2 aliphatic rings. The Kier molecular flexibility index (Phi) is 13.7. The van der Waals surface area contributed by atoms with Crippen LogP contribution in [0, 0.1) is 28.6 Å². The molecule has 2 aliphatic heterocycles. The molecular weight excluding hydrogens is 662 g/mol. The zero-order valence-corrected chi connectivity index (χ0v) is 30.5. The molecule has 15 atom stereocenters. The van der Waals surface area contributed by atoms with Crippen LogP contribution in [0.3, 0.4) is 0 Å². The van der Waals surface area contributed by atoms with Crippen molar-refractivity contribution >= 4 is 23.5 Å².